The van der Waals surface area contributed by atoms with Crippen LogP contribution in [0.4, 0.5) is 17.2 Å². The Morgan fingerprint density at radius 1 is 0.975 bits per heavy atom. The third kappa shape index (κ3) is 5.12. The minimum Gasteiger partial charge on any atom is -0.378 e. The number of aromatic amines is 1. The van der Waals surface area contributed by atoms with Gasteiger partial charge in [-0.1, -0.05) is 18.2 Å². The van der Waals surface area contributed by atoms with Crippen LogP contribution in [-0.2, 0) is 4.74 Å². The van der Waals surface area contributed by atoms with E-state index in [1.165, 1.54) is 0 Å². The molecule has 0 unspecified atom stereocenters. The highest BCUT2D eigenvalue weighted by molar-refractivity contribution is 6.04. The molecule has 4 heterocycles. The number of carbonyl (C=O) groups is 2. The molecule has 1 fully saturated rings. The van der Waals surface area contributed by atoms with Crippen molar-refractivity contribution in [1.82, 2.24) is 24.8 Å². The normalized spacial score (nSPS) is 13.3. The number of rotatable bonds is 6. The lowest BCUT2D eigenvalue weighted by atomic mass is 10.0. The summed E-state index contributed by atoms with van der Waals surface area (Å²) in [6.45, 7) is 4.26. The number of imidazole rings is 1. The molecule has 1 aliphatic heterocycles. The van der Waals surface area contributed by atoms with E-state index in [4.69, 9.17) is 9.72 Å². The molecule has 0 radical (unpaired) electrons. The van der Waals surface area contributed by atoms with Crippen LogP contribution in [0.2, 0.25) is 0 Å². The number of aromatic nitrogens is 4. The van der Waals surface area contributed by atoms with Crippen LogP contribution in [0.1, 0.15) is 26.4 Å². The first-order valence-corrected chi connectivity index (χ1v) is 13.0. The highest BCUT2D eigenvalue weighted by Gasteiger charge is 2.19. The molecule has 0 spiro atoms. The van der Waals surface area contributed by atoms with Gasteiger partial charge >= 0.3 is 0 Å². The molecule has 0 aliphatic carbocycles. The van der Waals surface area contributed by atoms with Gasteiger partial charge in [0.2, 0.25) is 0 Å². The van der Waals surface area contributed by atoms with E-state index in [9.17, 15) is 9.59 Å². The molecule has 200 valence electrons. The molecule has 1 aliphatic rings. The van der Waals surface area contributed by atoms with Gasteiger partial charge in [0.15, 0.2) is 5.82 Å². The number of nitrogens with zero attached hydrogens (tertiary/aromatic N) is 4. The molecule has 0 atom stereocenters. The summed E-state index contributed by atoms with van der Waals surface area (Å²) in [6, 6.07) is 20.2. The zero-order valence-corrected chi connectivity index (χ0v) is 21.8. The van der Waals surface area contributed by atoms with Gasteiger partial charge in [-0.05, 0) is 61.0 Å². The number of benzene rings is 2. The monoisotopic (exact) mass is 533 g/mol. The number of nitrogens with one attached hydrogen (secondary N) is 3. The lowest BCUT2D eigenvalue weighted by Crippen LogP contribution is -2.40. The van der Waals surface area contributed by atoms with Crippen molar-refractivity contribution in [2.45, 2.75) is 6.92 Å². The molecule has 0 bridgehead atoms. The fourth-order valence-corrected chi connectivity index (χ4v) is 4.68. The van der Waals surface area contributed by atoms with Crippen LogP contribution in [0, 0.1) is 6.92 Å². The number of pyridine rings is 2. The van der Waals surface area contributed by atoms with Gasteiger partial charge in [-0.15, -0.1) is 0 Å². The summed E-state index contributed by atoms with van der Waals surface area (Å²) in [5.41, 5.74) is 6.37. The van der Waals surface area contributed by atoms with Crippen molar-refractivity contribution in [1.29, 1.82) is 0 Å². The van der Waals surface area contributed by atoms with Crippen LogP contribution >= 0.6 is 0 Å². The van der Waals surface area contributed by atoms with Crippen molar-refractivity contribution in [2.24, 2.45) is 0 Å². The first-order chi connectivity index (χ1) is 19.6. The molecule has 10 nitrogen and oxygen atoms in total. The Hall–Kier alpha value is -5.09. The fraction of sp³-hybridized carbons (Fsp3) is 0.167. The predicted octanol–water partition coefficient (Wildman–Crippen LogP) is 4.80. The molecule has 6 rings (SSSR count). The zero-order valence-electron chi connectivity index (χ0n) is 21.8. The van der Waals surface area contributed by atoms with E-state index in [2.05, 4.69) is 25.6 Å². The van der Waals surface area contributed by atoms with E-state index < -0.39 is 0 Å². The Labute approximate surface area is 230 Å². The maximum absolute atomic E-state index is 12.8. The third-order valence-corrected chi connectivity index (χ3v) is 6.85. The summed E-state index contributed by atoms with van der Waals surface area (Å²) in [5, 5.41) is 6.32. The number of hydrogen-bond donors (Lipinski definition) is 3. The highest BCUT2D eigenvalue weighted by atomic mass is 16.5. The SMILES string of the molecule is Cc1c(NC(=O)c2ccccn2)cccc1-c1cc2[nH]cnc2c(Nc2ccc(C(=O)N3CCOCC3)cc2)n1. The van der Waals surface area contributed by atoms with Gasteiger partial charge in [0.1, 0.15) is 11.2 Å². The molecule has 0 saturated carbocycles. The summed E-state index contributed by atoms with van der Waals surface area (Å²) >= 11 is 0. The topological polar surface area (TPSA) is 125 Å². The molecule has 2 aromatic carbocycles. The number of amides is 2. The van der Waals surface area contributed by atoms with Crippen LogP contribution in [0.15, 0.2) is 79.3 Å². The van der Waals surface area contributed by atoms with E-state index in [1.807, 2.05) is 55.5 Å². The minimum absolute atomic E-state index is 0.00448. The maximum Gasteiger partial charge on any atom is 0.274 e. The molecule has 3 N–H and O–H groups in total. The smallest absolute Gasteiger partial charge is 0.274 e. The molecular formula is C30H27N7O3. The number of fused-ring (bicyclic) bond motifs is 1. The molecule has 10 heteroatoms. The molecule has 3 aromatic heterocycles. The first kappa shape index (κ1) is 25.2. The number of anilines is 3. The van der Waals surface area contributed by atoms with E-state index in [-0.39, 0.29) is 11.8 Å². The lowest BCUT2D eigenvalue weighted by molar-refractivity contribution is 0.0303. The lowest BCUT2D eigenvalue weighted by Gasteiger charge is -2.26. The van der Waals surface area contributed by atoms with Gasteiger partial charge in [0.05, 0.1) is 30.8 Å². The van der Waals surface area contributed by atoms with Crippen LogP contribution in [0.3, 0.4) is 0 Å². The van der Waals surface area contributed by atoms with Crippen molar-refractivity contribution < 1.29 is 14.3 Å². The van der Waals surface area contributed by atoms with Crippen LogP contribution < -0.4 is 10.6 Å². The van der Waals surface area contributed by atoms with Gasteiger partial charge in [0, 0.05) is 41.8 Å². The van der Waals surface area contributed by atoms with E-state index in [0.717, 1.165) is 22.3 Å². The number of hydrogen-bond acceptors (Lipinski definition) is 7. The Morgan fingerprint density at radius 3 is 2.58 bits per heavy atom. The zero-order chi connectivity index (χ0) is 27.5. The number of H-pyrrole nitrogens is 1. The Balaban J connectivity index is 1.27. The maximum atomic E-state index is 12.8. The quantitative estimate of drug-likeness (QED) is 0.286. The van der Waals surface area contributed by atoms with Crippen LogP contribution in [0.25, 0.3) is 22.3 Å². The molecule has 1 saturated heterocycles. The molecule has 5 aromatic rings. The average molecular weight is 534 g/mol. The largest absolute Gasteiger partial charge is 0.378 e. The number of ether oxygens (including phenoxy) is 1. The van der Waals surface area contributed by atoms with Crippen molar-refractivity contribution in [2.75, 3.05) is 36.9 Å². The molecular weight excluding hydrogens is 506 g/mol. The second-order valence-corrected chi connectivity index (χ2v) is 9.41. The number of morpholine rings is 1. The standard InChI is InChI=1S/C30H27N7O3/c1-19-22(5-4-7-23(19)36-29(38)24-6-2-3-12-31-24)25-17-26-27(33-18-32-26)28(35-25)34-21-10-8-20(9-11-21)30(39)37-13-15-40-16-14-37/h2-12,17-18H,13-16H2,1H3,(H,32,33)(H,34,35)(H,36,38). The average Bonchev–Trinajstić information content (AvgIpc) is 3.48. The van der Waals surface area contributed by atoms with Crippen molar-refractivity contribution in [3.63, 3.8) is 0 Å². The second kappa shape index (κ2) is 11.0. The summed E-state index contributed by atoms with van der Waals surface area (Å²) in [4.78, 5) is 44.0. The Morgan fingerprint density at radius 2 is 1.80 bits per heavy atom. The van der Waals surface area contributed by atoms with Gasteiger partial charge in [0.25, 0.3) is 11.8 Å². The summed E-state index contributed by atoms with van der Waals surface area (Å²) < 4.78 is 5.35. The highest BCUT2D eigenvalue weighted by Crippen LogP contribution is 2.32. The second-order valence-electron chi connectivity index (χ2n) is 9.41. The summed E-state index contributed by atoms with van der Waals surface area (Å²) in [5.74, 6) is 0.286. The summed E-state index contributed by atoms with van der Waals surface area (Å²) in [7, 11) is 0. The van der Waals surface area contributed by atoms with Crippen molar-refractivity contribution >= 4 is 40.0 Å². The Kier molecular flexibility index (Phi) is 6.90. The van der Waals surface area contributed by atoms with Crippen molar-refractivity contribution in [3.05, 3.63) is 96.1 Å². The predicted molar refractivity (Wildman–Crippen MR) is 153 cm³/mol. The van der Waals surface area contributed by atoms with Gasteiger partial charge in [-0.2, -0.15) is 0 Å². The third-order valence-electron chi connectivity index (χ3n) is 6.85. The van der Waals surface area contributed by atoms with Crippen LogP contribution in [-0.4, -0.2) is 63.0 Å². The fourth-order valence-electron chi connectivity index (χ4n) is 4.68. The minimum atomic E-state index is -0.282. The van der Waals surface area contributed by atoms with E-state index in [1.54, 1.807) is 35.6 Å². The van der Waals surface area contributed by atoms with Gasteiger partial charge in [-0.3, -0.25) is 14.6 Å². The Bertz CT molecular complexity index is 1680. The van der Waals surface area contributed by atoms with E-state index >= 15 is 0 Å². The molecule has 40 heavy (non-hydrogen) atoms. The van der Waals surface area contributed by atoms with Crippen molar-refractivity contribution in [3.8, 4) is 11.3 Å². The number of carbonyl (C=O) groups excluding carboxylic acids is 2. The van der Waals surface area contributed by atoms with E-state index in [0.29, 0.717) is 60.3 Å². The van der Waals surface area contributed by atoms with Gasteiger partial charge in [-0.25, -0.2) is 9.97 Å². The first-order valence-electron chi connectivity index (χ1n) is 13.0. The summed E-state index contributed by atoms with van der Waals surface area (Å²) in [6.07, 6.45) is 3.22. The van der Waals surface area contributed by atoms with Crippen LogP contribution in [0.5, 0.6) is 0 Å². The van der Waals surface area contributed by atoms with Gasteiger partial charge < -0.3 is 25.3 Å². The molecule has 2 amide bonds.